The number of ketones is 1. The topological polar surface area (TPSA) is 69.5 Å². The Labute approximate surface area is 159 Å². The molecule has 0 amide bonds. The van der Waals surface area contributed by atoms with Crippen molar-refractivity contribution in [3.63, 3.8) is 0 Å². The number of carbonyl (C=O) groups excluding carboxylic acids is 2. The second-order valence-electron chi connectivity index (χ2n) is 7.77. The maximum absolute atomic E-state index is 13.2. The van der Waals surface area contributed by atoms with Gasteiger partial charge in [0.1, 0.15) is 6.10 Å². The number of rotatable bonds is 3. The largest absolute Gasteiger partial charge is 0.459 e. The van der Waals surface area contributed by atoms with Gasteiger partial charge in [-0.3, -0.25) is 4.79 Å². The van der Waals surface area contributed by atoms with Gasteiger partial charge in [-0.15, -0.1) is 0 Å². The molecule has 1 aromatic heterocycles. The molecule has 2 aliphatic carbocycles. The Hall–Kier alpha value is -2.43. The van der Waals surface area contributed by atoms with Crippen molar-refractivity contribution in [1.82, 2.24) is 5.32 Å². The van der Waals surface area contributed by atoms with Gasteiger partial charge in [-0.25, -0.2) is 9.78 Å². The van der Waals surface area contributed by atoms with Crippen LogP contribution in [0, 0.1) is 0 Å². The Balaban J connectivity index is 1.71. The fraction of sp³-hybridized carbons (Fsp3) is 0.500. The van der Waals surface area contributed by atoms with E-state index in [4.69, 9.17) is 4.74 Å². The van der Waals surface area contributed by atoms with Crippen LogP contribution < -0.4 is 10.3 Å². The molecule has 5 nitrogen and oxygen atoms in total. The minimum atomic E-state index is -0.359. The van der Waals surface area contributed by atoms with E-state index >= 15 is 0 Å². The summed E-state index contributed by atoms with van der Waals surface area (Å²) in [7, 11) is 0. The number of carbonyl (C=O) groups is 2. The lowest BCUT2D eigenvalue weighted by Crippen LogP contribution is -2.35. The van der Waals surface area contributed by atoms with Gasteiger partial charge in [0.25, 0.3) is 0 Å². The summed E-state index contributed by atoms with van der Waals surface area (Å²) in [6.45, 7) is 1.92. The number of nitrogens with one attached hydrogen (secondary N) is 2. The number of H-pyrrole nitrogens is 1. The standard InChI is InChI=1S/C22H26N2O3/c1-14-19(22(26)27-16-8-3-2-4-9-16)20(15-7-6-12-23-13-15)21-17(24-14)10-5-11-18(21)25/h6-7,12-13,16,20,24H,2-5,8-11H2,1H3/p+1. The molecule has 2 N–H and O–H groups in total. The number of ether oxygens (including phenoxy) is 1. The molecule has 1 unspecified atom stereocenters. The molecule has 1 atom stereocenters. The number of aromatic nitrogens is 1. The van der Waals surface area contributed by atoms with Crippen LogP contribution >= 0.6 is 0 Å². The summed E-state index contributed by atoms with van der Waals surface area (Å²) in [4.78, 5) is 29.1. The molecular weight excluding hydrogens is 340 g/mol. The number of allylic oxidation sites excluding steroid dienone is 3. The summed E-state index contributed by atoms with van der Waals surface area (Å²) in [6, 6.07) is 3.88. The molecule has 1 saturated carbocycles. The summed E-state index contributed by atoms with van der Waals surface area (Å²) >= 11 is 0. The van der Waals surface area contributed by atoms with Crippen LogP contribution in [0.1, 0.15) is 69.8 Å². The Morgan fingerprint density at radius 1 is 1.19 bits per heavy atom. The van der Waals surface area contributed by atoms with E-state index in [0.29, 0.717) is 12.0 Å². The van der Waals surface area contributed by atoms with Crippen molar-refractivity contribution in [1.29, 1.82) is 0 Å². The van der Waals surface area contributed by atoms with E-state index in [0.717, 1.165) is 61.1 Å². The zero-order valence-corrected chi connectivity index (χ0v) is 15.8. The van der Waals surface area contributed by atoms with Crippen molar-refractivity contribution in [3.05, 3.63) is 52.6 Å². The van der Waals surface area contributed by atoms with Crippen LogP contribution in [0.2, 0.25) is 0 Å². The molecule has 0 bridgehead atoms. The summed E-state index contributed by atoms with van der Waals surface area (Å²) in [5.41, 5.74) is 4.01. The number of dihydropyridines is 1. The maximum Gasteiger partial charge on any atom is 0.337 e. The number of hydrogen-bond acceptors (Lipinski definition) is 4. The Morgan fingerprint density at radius 2 is 2.00 bits per heavy atom. The van der Waals surface area contributed by atoms with Crippen LogP contribution in [0.15, 0.2) is 47.1 Å². The first-order chi connectivity index (χ1) is 13.1. The normalized spacial score (nSPS) is 23.7. The lowest BCUT2D eigenvalue weighted by atomic mass is 9.75. The van der Waals surface area contributed by atoms with E-state index in [1.807, 2.05) is 31.5 Å². The second-order valence-corrected chi connectivity index (χ2v) is 7.77. The minimum absolute atomic E-state index is 0.00744. The minimum Gasteiger partial charge on any atom is -0.459 e. The average Bonchev–Trinajstić information content (AvgIpc) is 2.68. The first-order valence-corrected chi connectivity index (χ1v) is 10.1. The van der Waals surface area contributed by atoms with Crippen molar-refractivity contribution < 1.29 is 19.3 Å². The van der Waals surface area contributed by atoms with Gasteiger partial charge in [-0.2, -0.15) is 0 Å². The molecule has 4 rings (SSSR count). The quantitative estimate of drug-likeness (QED) is 0.832. The van der Waals surface area contributed by atoms with E-state index in [-0.39, 0.29) is 23.8 Å². The molecular formula is C22H27N2O3+. The molecule has 142 valence electrons. The first kappa shape index (κ1) is 18.0. The van der Waals surface area contributed by atoms with Gasteiger partial charge < -0.3 is 10.1 Å². The lowest BCUT2D eigenvalue weighted by Gasteiger charge is -2.34. The molecule has 2 heterocycles. The lowest BCUT2D eigenvalue weighted by molar-refractivity contribution is -0.378. The second kappa shape index (κ2) is 7.67. The number of pyridine rings is 1. The third kappa shape index (κ3) is 3.55. The Bertz CT molecular complexity index is 804. The van der Waals surface area contributed by atoms with Crippen LogP contribution in [0.25, 0.3) is 0 Å². The SMILES string of the molecule is CC1=C(C(=O)OC2CCCCC2)C(c2ccc[nH+]c2)C2=C(CCCC2=O)N1. The van der Waals surface area contributed by atoms with Gasteiger partial charge in [0.05, 0.1) is 11.5 Å². The molecule has 3 aliphatic rings. The molecule has 1 aromatic rings. The van der Waals surface area contributed by atoms with Crippen LogP contribution in [-0.2, 0) is 14.3 Å². The smallest absolute Gasteiger partial charge is 0.337 e. The van der Waals surface area contributed by atoms with E-state index in [9.17, 15) is 9.59 Å². The molecule has 5 heteroatoms. The van der Waals surface area contributed by atoms with E-state index in [1.54, 1.807) is 0 Å². The summed E-state index contributed by atoms with van der Waals surface area (Å²) in [5, 5.41) is 3.34. The number of aromatic amines is 1. The number of Topliss-reactive ketones (excluding diaryl/α,β-unsaturated/α-hetero) is 1. The highest BCUT2D eigenvalue weighted by Crippen LogP contribution is 2.42. The Kier molecular flexibility index (Phi) is 5.10. The average molecular weight is 367 g/mol. The third-order valence-corrected chi connectivity index (χ3v) is 5.89. The molecule has 27 heavy (non-hydrogen) atoms. The van der Waals surface area contributed by atoms with Crippen LogP contribution in [0.5, 0.6) is 0 Å². The highest BCUT2D eigenvalue weighted by atomic mass is 16.5. The van der Waals surface area contributed by atoms with Gasteiger partial charge in [0.2, 0.25) is 0 Å². The predicted octanol–water partition coefficient (Wildman–Crippen LogP) is 3.34. The van der Waals surface area contributed by atoms with Crippen molar-refractivity contribution in [2.75, 3.05) is 0 Å². The van der Waals surface area contributed by atoms with Crippen molar-refractivity contribution >= 4 is 11.8 Å². The van der Waals surface area contributed by atoms with E-state index in [1.165, 1.54) is 6.42 Å². The predicted molar refractivity (Wildman–Crippen MR) is 100 cm³/mol. The van der Waals surface area contributed by atoms with Gasteiger partial charge in [-0.05, 0) is 51.5 Å². The van der Waals surface area contributed by atoms with Crippen LogP contribution in [0.4, 0.5) is 0 Å². The van der Waals surface area contributed by atoms with Crippen molar-refractivity contribution in [3.8, 4) is 0 Å². The summed E-state index contributed by atoms with van der Waals surface area (Å²) < 4.78 is 5.89. The van der Waals surface area contributed by atoms with E-state index < -0.39 is 0 Å². The van der Waals surface area contributed by atoms with Crippen molar-refractivity contribution in [2.24, 2.45) is 0 Å². The number of esters is 1. The van der Waals surface area contributed by atoms with Crippen LogP contribution in [-0.4, -0.2) is 17.9 Å². The molecule has 0 spiro atoms. The van der Waals surface area contributed by atoms with Crippen molar-refractivity contribution in [2.45, 2.75) is 70.3 Å². The Morgan fingerprint density at radius 3 is 2.74 bits per heavy atom. The van der Waals surface area contributed by atoms with Gasteiger partial charge in [0.15, 0.2) is 18.2 Å². The maximum atomic E-state index is 13.2. The third-order valence-electron chi connectivity index (χ3n) is 5.89. The van der Waals surface area contributed by atoms with Crippen LogP contribution in [0.3, 0.4) is 0 Å². The molecule has 1 aliphatic heterocycles. The number of hydrogen-bond donors (Lipinski definition) is 1. The van der Waals surface area contributed by atoms with Gasteiger partial charge in [0, 0.05) is 35.0 Å². The van der Waals surface area contributed by atoms with Gasteiger partial charge in [-0.1, -0.05) is 6.42 Å². The molecule has 1 fully saturated rings. The summed E-state index contributed by atoms with van der Waals surface area (Å²) in [6.07, 6.45) is 11.2. The van der Waals surface area contributed by atoms with Gasteiger partial charge >= 0.3 is 5.97 Å². The fourth-order valence-corrected chi connectivity index (χ4v) is 4.57. The van der Waals surface area contributed by atoms with E-state index in [2.05, 4.69) is 10.3 Å². The molecule has 0 saturated heterocycles. The zero-order chi connectivity index (χ0) is 18.8. The first-order valence-electron chi connectivity index (χ1n) is 10.1. The molecule has 0 radical (unpaired) electrons. The zero-order valence-electron chi connectivity index (χ0n) is 15.8. The molecule has 0 aromatic carbocycles. The highest BCUT2D eigenvalue weighted by molar-refractivity contribution is 6.03. The fourth-order valence-electron chi connectivity index (χ4n) is 4.57. The summed E-state index contributed by atoms with van der Waals surface area (Å²) in [5.74, 6) is -0.513. The monoisotopic (exact) mass is 367 g/mol. The highest BCUT2D eigenvalue weighted by Gasteiger charge is 2.40.